The monoisotopic (exact) mass is 428 g/mol. The fraction of sp³-hybridized carbons (Fsp3) is 0.238. The van der Waals surface area contributed by atoms with Crippen LogP contribution in [-0.2, 0) is 25.7 Å². The zero-order chi connectivity index (χ0) is 22.7. The van der Waals surface area contributed by atoms with Gasteiger partial charge in [0.25, 0.3) is 5.69 Å². The number of carbonyl (C=O) groups excluding carboxylic acids is 2. The fourth-order valence-electron chi connectivity index (χ4n) is 3.54. The molecule has 1 aromatic heterocycles. The predicted molar refractivity (Wildman–Crippen MR) is 107 cm³/mol. The van der Waals surface area contributed by atoms with Crippen LogP contribution < -0.4 is 5.32 Å². The first-order valence-electron chi connectivity index (χ1n) is 9.15. The summed E-state index contributed by atoms with van der Waals surface area (Å²) >= 11 is 0. The van der Waals surface area contributed by atoms with Crippen LogP contribution in [-0.4, -0.2) is 36.2 Å². The number of methoxy groups -OCH3 is 2. The van der Waals surface area contributed by atoms with Gasteiger partial charge in [-0.2, -0.15) is 0 Å². The van der Waals surface area contributed by atoms with Gasteiger partial charge in [0.2, 0.25) is 0 Å². The number of hydrogen-bond acceptors (Lipinski definition) is 9. The summed E-state index contributed by atoms with van der Waals surface area (Å²) in [6, 6.07) is 8.86. The van der Waals surface area contributed by atoms with Gasteiger partial charge in [-0.15, -0.1) is 0 Å². The number of dihydropyridines is 1. The first-order chi connectivity index (χ1) is 14.8. The summed E-state index contributed by atoms with van der Waals surface area (Å²) in [5.74, 6) is -2.31. The van der Waals surface area contributed by atoms with E-state index in [2.05, 4.69) is 5.32 Å². The van der Waals surface area contributed by atoms with Crippen molar-refractivity contribution in [3.63, 3.8) is 0 Å². The number of rotatable bonds is 6. The molecule has 2 N–H and O–H groups in total. The largest absolute Gasteiger partial charge is 0.466 e. The number of allylic oxidation sites excluding steroid dienone is 1. The molecule has 1 aliphatic rings. The fourth-order valence-corrected chi connectivity index (χ4v) is 3.54. The van der Waals surface area contributed by atoms with Gasteiger partial charge in [-0.1, -0.05) is 18.2 Å². The van der Waals surface area contributed by atoms with Gasteiger partial charge in [0.15, 0.2) is 5.76 Å². The highest BCUT2D eigenvalue weighted by atomic mass is 16.6. The van der Waals surface area contributed by atoms with Gasteiger partial charge < -0.3 is 24.3 Å². The number of nitro benzene ring substituents is 1. The molecule has 0 spiro atoms. The van der Waals surface area contributed by atoms with E-state index in [1.165, 1.54) is 37.4 Å². The Hall–Kier alpha value is -3.92. The maximum Gasteiger partial charge on any atom is 0.336 e. The number of nitrogens with zero attached hydrogens (tertiary/aromatic N) is 1. The van der Waals surface area contributed by atoms with Crippen LogP contribution in [0, 0.1) is 10.1 Å². The minimum absolute atomic E-state index is 0.0230. The normalized spacial score (nSPS) is 16.1. The Morgan fingerprint density at radius 2 is 1.77 bits per heavy atom. The van der Waals surface area contributed by atoms with Gasteiger partial charge in [0, 0.05) is 17.3 Å². The Bertz CT molecular complexity index is 1110. The van der Waals surface area contributed by atoms with Crippen LogP contribution in [0.5, 0.6) is 0 Å². The third-order valence-corrected chi connectivity index (χ3v) is 4.88. The topological polar surface area (TPSA) is 141 Å². The summed E-state index contributed by atoms with van der Waals surface area (Å²) in [6.45, 7) is 1.22. The zero-order valence-corrected chi connectivity index (χ0v) is 17.0. The second-order valence-electron chi connectivity index (χ2n) is 6.61. The molecule has 1 aromatic carbocycles. The molecule has 10 nitrogen and oxygen atoms in total. The van der Waals surface area contributed by atoms with Crippen LogP contribution in [0.1, 0.15) is 29.9 Å². The third kappa shape index (κ3) is 3.92. The van der Waals surface area contributed by atoms with E-state index in [0.717, 1.165) is 7.11 Å². The van der Waals surface area contributed by atoms with E-state index >= 15 is 0 Å². The lowest BCUT2D eigenvalue weighted by Gasteiger charge is -2.30. The van der Waals surface area contributed by atoms with E-state index in [9.17, 15) is 24.8 Å². The van der Waals surface area contributed by atoms with Crippen LogP contribution in [0.2, 0.25) is 0 Å². The van der Waals surface area contributed by atoms with Gasteiger partial charge in [0.1, 0.15) is 12.4 Å². The number of furan rings is 1. The number of esters is 2. The molecule has 0 amide bonds. The van der Waals surface area contributed by atoms with E-state index < -0.39 is 22.8 Å². The summed E-state index contributed by atoms with van der Waals surface area (Å²) in [5, 5.41) is 24.0. The van der Waals surface area contributed by atoms with Gasteiger partial charge in [-0.25, -0.2) is 9.59 Å². The quantitative estimate of drug-likeness (QED) is 0.403. The van der Waals surface area contributed by atoms with Crippen LogP contribution in [0.4, 0.5) is 5.69 Å². The van der Waals surface area contributed by atoms with Crippen molar-refractivity contribution in [2.24, 2.45) is 0 Å². The van der Waals surface area contributed by atoms with Crippen molar-refractivity contribution in [2.75, 3.05) is 14.2 Å². The molecule has 3 rings (SSSR count). The molecule has 1 atom stereocenters. The Kier molecular flexibility index (Phi) is 6.21. The molecular weight excluding hydrogens is 408 g/mol. The van der Waals surface area contributed by atoms with E-state index in [0.29, 0.717) is 5.70 Å². The molecule has 0 bridgehead atoms. The smallest absolute Gasteiger partial charge is 0.336 e. The first-order valence-corrected chi connectivity index (χ1v) is 9.15. The second-order valence-corrected chi connectivity index (χ2v) is 6.61. The standard InChI is InChI=1S/C21H20N2O8/c1-11-16(20(25)29-2)17(13-6-4-5-7-14(13)23(27)28)18(21(26)30-3)19(22-11)15-9-8-12(10-24)31-15/h4-9,17,22,24H,10H2,1-3H3. The number of aliphatic hydroxyl groups is 1. The van der Waals surface area contributed by atoms with Crippen molar-refractivity contribution in [2.45, 2.75) is 19.4 Å². The van der Waals surface area contributed by atoms with Crippen LogP contribution >= 0.6 is 0 Å². The summed E-state index contributed by atoms with van der Waals surface area (Å²) in [5.41, 5.74) is 0.274. The molecular formula is C21H20N2O8. The summed E-state index contributed by atoms with van der Waals surface area (Å²) in [4.78, 5) is 36.7. The SMILES string of the molecule is COC(=O)C1=C(C)NC(c2ccc(CO)o2)=C(C(=O)OC)C1c1ccccc1[N+](=O)[O-]. The first kappa shape index (κ1) is 21.8. The minimum Gasteiger partial charge on any atom is -0.466 e. The van der Waals surface area contributed by atoms with Gasteiger partial charge in [0.05, 0.1) is 41.9 Å². The van der Waals surface area contributed by atoms with Crippen molar-refractivity contribution in [1.29, 1.82) is 0 Å². The Morgan fingerprint density at radius 1 is 1.13 bits per heavy atom. The van der Waals surface area contributed by atoms with Gasteiger partial charge in [-0.05, 0) is 19.1 Å². The number of benzene rings is 1. The molecule has 1 unspecified atom stereocenters. The highest BCUT2D eigenvalue weighted by Gasteiger charge is 2.42. The molecule has 0 saturated heterocycles. The van der Waals surface area contributed by atoms with Crippen molar-refractivity contribution >= 4 is 23.3 Å². The Labute approximate surface area is 176 Å². The number of ether oxygens (including phenoxy) is 2. The van der Waals surface area contributed by atoms with Gasteiger partial charge >= 0.3 is 11.9 Å². The molecule has 2 heterocycles. The average Bonchev–Trinajstić information content (AvgIpc) is 3.26. The minimum atomic E-state index is -1.17. The maximum absolute atomic E-state index is 12.9. The molecule has 0 aliphatic carbocycles. The molecule has 0 radical (unpaired) electrons. The van der Waals surface area contributed by atoms with E-state index in [4.69, 9.17) is 13.9 Å². The molecule has 0 fully saturated rings. The number of para-hydroxylation sites is 1. The molecule has 31 heavy (non-hydrogen) atoms. The number of carbonyl (C=O) groups is 2. The lowest BCUT2D eigenvalue weighted by atomic mass is 9.79. The lowest BCUT2D eigenvalue weighted by Crippen LogP contribution is -2.32. The average molecular weight is 428 g/mol. The summed E-state index contributed by atoms with van der Waals surface area (Å²) < 4.78 is 15.4. The molecule has 162 valence electrons. The van der Waals surface area contributed by atoms with Crippen LogP contribution in [0.15, 0.2) is 57.7 Å². The van der Waals surface area contributed by atoms with E-state index in [1.807, 2.05) is 0 Å². The number of nitro groups is 1. The number of nitrogens with one attached hydrogen (secondary N) is 1. The molecule has 2 aromatic rings. The van der Waals surface area contributed by atoms with E-state index in [-0.39, 0.29) is 46.2 Å². The molecule has 1 aliphatic heterocycles. The zero-order valence-electron chi connectivity index (χ0n) is 17.0. The molecule has 10 heteroatoms. The van der Waals surface area contributed by atoms with Crippen LogP contribution in [0.25, 0.3) is 5.70 Å². The predicted octanol–water partition coefficient (Wildman–Crippen LogP) is 2.40. The van der Waals surface area contributed by atoms with Gasteiger partial charge in [-0.3, -0.25) is 10.1 Å². The number of aliphatic hydroxyl groups excluding tert-OH is 1. The second kappa shape index (κ2) is 8.84. The highest BCUT2D eigenvalue weighted by Crippen LogP contribution is 2.44. The third-order valence-electron chi connectivity index (χ3n) is 4.88. The van der Waals surface area contributed by atoms with Crippen molar-refractivity contribution in [3.05, 3.63) is 80.4 Å². The van der Waals surface area contributed by atoms with E-state index in [1.54, 1.807) is 13.0 Å². The van der Waals surface area contributed by atoms with Crippen molar-refractivity contribution in [1.82, 2.24) is 5.32 Å². The van der Waals surface area contributed by atoms with Crippen LogP contribution in [0.3, 0.4) is 0 Å². The Balaban J connectivity index is 2.37. The van der Waals surface area contributed by atoms with Crippen molar-refractivity contribution < 1.29 is 33.5 Å². The lowest BCUT2D eigenvalue weighted by molar-refractivity contribution is -0.385. The number of hydrogen-bond donors (Lipinski definition) is 2. The Morgan fingerprint density at radius 3 is 2.35 bits per heavy atom. The van der Waals surface area contributed by atoms with Crippen molar-refractivity contribution in [3.8, 4) is 0 Å². The summed E-state index contributed by atoms with van der Waals surface area (Å²) in [6.07, 6.45) is 0. The summed E-state index contributed by atoms with van der Waals surface area (Å²) in [7, 11) is 2.34. The maximum atomic E-state index is 12.9. The highest BCUT2D eigenvalue weighted by molar-refractivity contribution is 6.05. The molecule has 0 saturated carbocycles.